The molecular weight excluding hydrogens is 114 g/mol. The van der Waals surface area contributed by atoms with E-state index < -0.39 is 0 Å². The first kappa shape index (κ1) is 5.03. The molecule has 0 spiro atoms. The van der Waals surface area contributed by atoms with E-state index in [4.69, 9.17) is 0 Å². The lowest BCUT2D eigenvalue weighted by Gasteiger charge is -2.07. The third kappa shape index (κ3) is 0.661. The molecule has 1 heterocycles. The number of hydrogen-bond donors (Lipinski definition) is 1. The smallest absolute Gasteiger partial charge is 0.227 e. The van der Waals surface area contributed by atoms with Crippen LogP contribution < -0.4 is 5.32 Å². The van der Waals surface area contributed by atoms with Gasteiger partial charge in [-0.3, -0.25) is 4.79 Å². The minimum Gasteiger partial charge on any atom is -0.353 e. The third-order valence-electron chi connectivity index (χ3n) is 2.01. The van der Waals surface area contributed by atoms with Crippen LogP contribution in [0.5, 0.6) is 0 Å². The molecule has 1 aliphatic heterocycles. The summed E-state index contributed by atoms with van der Waals surface area (Å²) >= 11 is 0. The van der Waals surface area contributed by atoms with Crippen molar-refractivity contribution >= 4 is 5.91 Å². The second kappa shape index (κ2) is 1.59. The van der Waals surface area contributed by atoms with Gasteiger partial charge in [-0.2, -0.15) is 0 Å². The lowest BCUT2D eigenvalue weighted by atomic mass is 9.97. The summed E-state index contributed by atoms with van der Waals surface area (Å²) in [6.45, 7) is 0. The maximum Gasteiger partial charge on any atom is 0.227 e. The van der Waals surface area contributed by atoms with E-state index in [2.05, 4.69) is 11.4 Å². The molecule has 2 nitrogen and oxygen atoms in total. The van der Waals surface area contributed by atoms with Gasteiger partial charge in [0.15, 0.2) is 0 Å². The molecule has 9 heavy (non-hydrogen) atoms. The molecule has 0 unspecified atom stereocenters. The summed E-state index contributed by atoms with van der Waals surface area (Å²) in [5, 5.41) is 2.91. The van der Waals surface area contributed by atoms with Crippen LogP contribution in [-0.2, 0) is 4.79 Å². The molecule has 48 valence electrons. The van der Waals surface area contributed by atoms with Crippen LogP contribution in [0.4, 0.5) is 0 Å². The van der Waals surface area contributed by atoms with E-state index in [-0.39, 0.29) is 11.8 Å². The largest absolute Gasteiger partial charge is 0.353 e. The fourth-order valence-corrected chi connectivity index (χ4v) is 1.51. The Hall–Kier alpha value is -0.790. The first-order valence-electron chi connectivity index (χ1n) is 3.33. The zero-order chi connectivity index (χ0) is 6.27. The van der Waals surface area contributed by atoms with Gasteiger partial charge in [-0.25, -0.2) is 0 Å². The Bertz CT molecular complexity index is 174. The van der Waals surface area contributed by atoms with Crippen LogP contribution in [0.2, 0.25) is 0 Å². The highest BCUT2D eigenvalue weighted by Gasteiger charge is 2.31. The number of hydrogen-bond acceptors (Lipinski definition) is 1. The summed E-state index contributed by atoms with van der Waals surface area (Å²) in [7, 11) is 0. The number of rotatable bonds is 0. The fraction of sp³-hybridized carbons (Fsp3) is 0.571. The van der Waals surface area contributed by atoms with E-state index in [1.54, 1.807) is 0 Å². The highest BCUT2D eigenvalue weighted by atomic mass is 16.2. The average molecular weight is 123 g/mol. The molecule has 0 saturated carbocycles. The van der Waals surface area contributed by atoms with Crippen molar-refractivity contribution in [3.8, 4) is 0 Å². The summed E-state index contributed by atoms with van der Waals surface area (Å²) in [5.74, 6) is 0.414. The van der Waals surface area contributed by atoms with Crippen LogP contribution in [0.25, 0.3) is 0 Å². The highest BCUT2D eigenvalue weighted by Crippen LogP contribution is 2.23. The van der Waals surface area contributed by atoms with E-state index in [1.807, 2.05) is 6.08 Å². The molecule has 1 aliphatic carbocycles. The predicted molar refractivity (Wildman–Crippen MR) is 33.8 cm³/mol. The summed E-state index contributed by atoms with van der Waals surface area (Å²) in [4.78, 5) is 10.9. The zero-order valence-electron chi connectivity index (χ0n) is 5.13. The van der Waals surface area contributed by atoms with Crippen LogP contribution in [0.15, 0.2) is 12.2 Å². The van der Waals surface area contributed by atoms with Crippen molar-refractivity contribution in [1.82, 2.24) is 5.32 Å². The van der Waals surface area contributed by atoms with E-state index in [0.29, 0.717) is 6.04 Å². The van der Waals surface area contributed by atoms with Crippen LogP contribution in [0, 0.1) is 5.92 Å². The van der Waals surface area contributed by atoms with Crippen molar-refractivity contribution in [2.75, 3.05) is 0 Å². The van der Waals surface area contributed by atoms with E-state index in [1.165, 1.54) is 0 Å². The van der Waals surface area contributed by atoms with Gasteiger partial charge >= 0.3 is 0 Å². The Balaban J connectivity index is 2.27. The van der Waals surface area contributed by atoms with Gasteiger partial charge in [-0.1, -0.05) is 12.2 Å². The van der Waals surface area contributed by atoms with Gasteiger partial charge in [-0.05, 0) is 12.8 Å². The van der Waals surface area contributed by atoms with Crippen LogP contribution >= 0.6 is 0 Å². The first-order valence-corrected chi connectivity index (χ1v) is 3.33. The third-order valence-corrected chi connectivity index (χ3v) is 2.01. The second-order valence-electron chi connectivity index (χ2n) is 2.71. The molecule has 0 aromatic rings. The normalized spacial score (nSPS) is 38.9. The SMILES string of the molecule is O=C1N[C@H]2CC=C[C@H]1C2. The van der Waals surface area contributed by atoms with E-state index in [0.717, 1.165) is 12.8 Å². The molecule has 1 fully saturated rings. The standard InChI is InChI=1S/C7H9NO/c9-7-5-2-1-3-6(4-5)8-7/h1-2,5-6H,3-4H2,(H,8,9)/t5-,6-/m0/s1. The maximum absolute atomic E-state index is 10.9. The lowest BCUT2D eigenvalue weighted by molar-refractivity contribution is -0.121. The minimum absolute atomic E-state index is 0.198. The average Bonchev–Trinajstić information content (AvgIpc) is 2.09. The Morgan fingerprint density at radius 1 is 1.67 bits per heavy atom. The number of fused-ring (bicyclic) bond motifs is 2. The van der Waals surface area contributed by atoms with Crippen molar-refractivity contribution in [1.29, 1.82) is 0 Å². The van der Waals surface area contributed by atoms with Crippen LogP contribution in [0.1, 0.15) is 12.8 Å². The molecule has 0 aromatic heterocycles. The number of carbonyl (C=O) groups is 1. The number of nitrogens with one attached hydrogen (secondary N) is 1. The van der Waals surface area contributed by atoms with E-state index in [9.17, 15) is 4.79 Å². The van der Waals surface area contributed by atoms with Gasteiger partial charge < -0.3 is 5.32 Å². The Kier molecular flexibility index (Phi) is 0.891. The van der Waals surface area contributed by atoms with E-state index >= 15 is 0 Å². The van der Waals surface area contributed by atoms with Crippen molar-refractivity contribution < 1.29 is 4.79 Å². The van der Waals surface area contributed by atoms with Crippen molar-refractivity contribution in [2.45, 2.75) is 18.9 Å². The summed E-state index contributed by atoms with van der Waals surface area (Å²) in [5.41, 5.74) is 0. The van der Waals surface area contributed by atoms with Gasteiger partial charge in [0.05, 0.1) is 5.92 Å². The van der Waals surface area contributed by atoms with Gasteiger partial charge in [-0.15, -0.1) is 0 Å². The fourth-order valence-electron chi connectivity index (χ4n) is 1.51. The molecule has 2 bridgehead atoms. The van der Waals surface area contributed by atoms with Gasteiger partial charge in [0.2, 0.25) is 5.91 Å². The zero-order valence-corrected chi connectivity index (χ0v) is 5.13. The first-order chi connectivity index (χ1) is 4.36. The molecule has 1 amide bonds. The van der Waals surface area contributed by atoms with Gasteiger partial charge in [0, 0.05) is 6.04 Å². The molecule has 0 aromatic carbocycles. The molecule has 2 heteroatoms. The molecule has 2 atom stereocenters. The van der Waals surface area contributed by atoms with Crippen LogP contribution in [0.3, 0.4) is 0 Å². The Morgan fingerprint density at radius 2 is 2.56 bits per heavy atom. The molecule has 2 rings (SSSR count). The van der Waals surface area contributed by atoms with Crippen molar-refractivity contribution in [2.24, 2.45) is 5.92 Å². The molecular formula is C7H9NO. The Labute approximate surface area is 53.9 Å². The van der Waals surface area contributed by atoms with Crippen molar-refractivity contribution in [3.63, 3.8) is 0 Å². The summed E-state index contributed by atoms with van der Waals surface area (Å²) < 4.78 is 0. The molecule has 1 saturated heterocycles. The molecule has 2 aliphatic rings. The summed E-state index contributed by atoms with van der Waals surface area (Å²) in [6.07, 6.45) is 6.16. The highest BCUT2D eigenvalue weighted by molar-refractivity contribution is 5.83. The maximum atomic E-state index is 10.9. The predicted octanol–water partition coefficient (Wildman–Crippen LogP) is 0.451. The topological polar surface area (TPSA) is 29.1 Å². The molecule has 0 radical (unpaired) electrons. The monoisotopic (exact) mass is 123 g/mol. The quantitative estimate of drug-likeness (QED) is 0.465. The second-order valence-corrected chi connectivity index (χ2v) is 2.71. The molecule has 1 N–H and O–H groups in total. The lowest BCUT2D eigenvalue weighted by Crippen LogP contribution is -2.24. The number of amides is 1. The summed E-state index contributed by atoms with van der Waals surface area (Å²) in [6, 6.07) is 0.451. The Morgan fingerprint density at radius 3 is 3.22 bits per heavy atom. The van der Waals surface area contributed by atoms with Gasteiger partial charge in [0.1, 0.15) is 0 Å². The van der Waals surface area contributed by atoms with Crippen molar-refractivity contribution in [3.05, 3.63) is 12.2 Å². The van der Waals surface area contributed by atoms with Crippen LogP contribution in [-0.4, -0.2) is 11.9 Å². The van der Waals surface area contributed by atoms with Gasteiger partial charge in [0.25, 0.3) is 0 Å². The minimum atomic E-state index is 0.198. The number of carbonyl (C=O) groups excluding carboxylic acids is 1.